The summed E-state index contributed by atoms with van der Waals surface area (Å²) in [7, 11) is 1.61. The van der Waals surface area contributed by atoms with Gasteiger partial charge >= 0.3 is 0 Å². The lowest BCUT2D eigenvalue weighted by molar-refractivity contribution is 0.396. The minimum absolute atomic E-state index is 0.583. The van der Waals surface area contributed by atoms with Crippen molar-refractivity contribution in [3.63, 3.8) is 0 Å². The van der Waals surface area contributed by atoms with Gasteiger partial charge in [0.1, 0.15) is 11.6 Å². The van der Waals surface area contributed by atoms with Crippen molar-refractivity contribution in [2.75, 3.05) is 25.5 Å². The molecular weight excluding hydrogens is 266 g/mol. The smallest absolute Gasteiger partial charge is 0.218 e. The van der Waals surface area contributed by atoms with Crippen molar-refractivity contribution in [3.05, 3.63) is 42.0 Å². The van der Waals surface area contributed by atoms with Crippen LogP contribution >= 0.6 is 0 Å². The number of pyridine rings is 1. The molecule has 2 rings (SSSR count). The second-order valence-electron chi connectivity index (χ2n) is 4.66. The Labute approximate surface area is 125 Å². The summed E-state index contributed by atoms with van der Waals surface area (Å²) in [5, 5.41) is 6.66. The monoisotopic (exact) mass is 287 g/mol. The molecule has 0 saturated carbocycles. The Balaban J connectivity index is 1.65. The number of anilines is 1. The van der Waals surface area contributed by atoms with Gasteiger partial charge in [-0.3, -0.25) is 4.98 Å². The highest BCUT2D eigenvalue weighted by atomic mass is 16.5. The third-order valence-corrected chi connectivity index (χ3v) is 2.91. The molecule has 112 valence electrons. The molecule has 0 atom stereocenters. The quantitative estimate of drug-likeness (QED) is 0.721. The van der Waals surface area contributed by atoms with Crippen LogP contribution in [0.3, 0.4) is 0 Å². The molecular formula is C15H21N5O. The fourth-order valence-corrected chi connectivity index (χ4v) is 1.90. The average Bonchev–Trinajstić information content (AvgIpc) is 2.51. The largest absolute Gasteiger partial charge is 0.481 e. The van der Waals surface area contributed by atoms with Crippen LogP contribution in [0.25, 0.3) is 0 Å². The predicted octanol–water partition coefficient (Wildman–Crippen LogP) is 1.78. The molecule has 0 aliphatic rings. The Kier molecular flexibility index (Phi) is 5.90. The summed E-state index contributed by atoms with van der Waals surface area (Å²) in [6.45, 7) is 4.47. The lowest BCUT2D eigenvalue weighted by Gasteiger charge is -2.08. The summed E-state index contributed by atoms with van der Waals surface area (Å²) in [5.41, 5.74) is 1.20. The van der Waals surface area contributed by atoms with Crippen LogP contribution in [-0.4, -0.2) is 35.2 Å². The third kappa shape index (κ3) is 5.35. The van der Waals surface area contributed by atoms with E-state index in [9.17, 15) is 0 Å². The summed E-state index contributed by atoms with van der Waals surface area (Å²) in [6, 6.07) is 5.81. The molecule has 6 heteroatoms. The van der Waals surface area contributed by atoms with E-state index in [1.54, 1.807) is 19.4 Å². The fraction of sp³-hybridized carbons (Fsp3) is 0.400. The minimum Gasteiger partial charge on any atom is -0.481 e. The molecule has 2 heterocycles. The van der Waals surface area contributed by atoms with Crippen LogP contribution in [0.5, 0.6) is 5.88 Å². The molecule has 0 unspecified atom stereocenters. The van der Waals surface area contributed by atoms with Crippen molar-refractivity contribution in [2.24, 2.45) is 0 Å². The Morgan fingerprint density at radius 2 is 2.14 bits per heavy atom. The van der Waals surface area contributed by atoms with E-state index in [2.05, 4.69) is 31.7 Å². The molecule has 0 aliphatic heterocycles. The Bertz CT molecular complexity index is 547. The molecule has 2 N–H and O–H groups in total. The molecule has 2 aromatic rings. The highest BCUT2D eigenvalue weighted by molar-refractivity contribution is 5.38. The third-order valence-electron chi connectivity index (χ3n) is 2.91. The molecule has 0 radical (unpaired) electrons. The first-order valence-electron chi connectivity index (χ1n) is 7.01. The molecule has 0 spiro atoms. The number of aryl methyl sites for hydroxylation is 1. The lowest BCUT2D eigenvalue weighted by atomic mass is 10.3. The maximum Gasteiger partial charge on any atom is 0.218 e. The summed E-state index contributed by atoms with van der Waals surface area (Å²) < 4.78 is 5.12. The zero-order valence-electron chi connectivity index (χ0n) is 12.5. The van der Waals surface area contributed by atoms with Crippen molar-refractivity contribution in [1.82, 2.24) is 20.3 Å². The Hall–Kier alpha value is -2.21. The van der Waals surface area contributed by atoms with Gasteiger partial charge < -0.3 is 15.4 Å². The van der Waals surface area contributed by atoms with Gasteiger partial charge in [0, 0.05) is 31.5 Å². The van der Waals surface area contributed by atoms with Crippen molar-refractivity contribution in [2.45, 2.75) is 19.9 Å². The van der Waals surface area contributed by atoms with Gasteiger partial charge in [-0.2, -0.15) is 4.98 Å². The van der Waals surface area contributed by atoms with Crippen LogP contribution in [0.2, 0.25) is 0 Å². The first kappa shape index (κ1) is 15.2. The molecule has 0 amide bonds. The first-order valence-corrected chi connectivity index (χ1v) is 7.01. The molecule has 0 aliphatic carbocycles. The van der Waals surface area contributed by atoms with Gasteiger partial charge in [-0.15, -0.1) is 0 Å². The maximum absolute atomic E-state index is 5.12. The van der Waals surface area contributed by atoms with E-state index in [4.69, 9.17) is 4.74 Å². The van der Waals surface area contributed by atoms with Crippen LogP contribution in [0.4, 0.5) is 5.82 Å². The van der Waals surface area contributed by atoms with Crippen molar-refractivity contribution >= 4 is 5.82 Å². The summed E-state index contributed by atoms with van der Waals surface area (Å²) in [5.74, 6) is 2.08. The summed E-state index contributed by atoms with van der Waals surface area (Å²) >= 11 is 0. The normalized spacial score (nSPS) is 10.4. The number of hydrogen-bond donors (Lipinski definition) is 2. The molecule has 6 nitrogen and oxygen atoms in total. The van der Waals surface area contributed by atoms with Gasteiger partial charge in [0.25, 0.3) is 0 Å². The van der Waals surface area contributed by atoms with Gasteiger partial charge in [-0.1, -0.05) is 6.07 Å². The highest BCUT2D eigenvalue weighted by Gasteiger charge is 2.01. The number of rotatable bonds is 8. The van der Waals surface area contributed by atoms with E-state index in [1.165, 1.54) is 5.56 Å². The minimum atomic E-state index is 0.583. The number of aromatic nitrogens is 3. The second-order valence-corrected chi connectivity index (χ2v) is 4.66. The van der Waals surface area contributed by atoms with Crippen LogP contribution in [0, 0.1) is 6.92 Å². The van der Waals surface area contributed by atoms with E-state index < -0.39 is 0 Å². The maximum atomic E-state index is 5.12. The average molecular weight is 287 g/mol. The van der Waals surface area contributed by atoms with E-state index in [-0.39, 0.29) is 0 Å². The highest BCUT2D eigenvalue weighted by Crippen LogP contribution is 2.12. The zero-order chi connectivity index (χ0) is 14.9. The van der Waals surface area contributed by atoms with Gasteiger partial charge in [0.05, 0.1) is 7.11 Å². The fourth-order valence-electron chi connectivity index (χ4n) is 1.90. The van der Waals surface area contributed by atoms with E-state index >= 15 is 0 Å². The van der Waals surface area contributed by atoms with Crippen LogP contribution < -0.4 is 15.4 Å². The van der Waals surface area contributed by atoms with Gasteiger partial charge in [0.15, 0.2) is 0 Å². The topological polar surface area (TPSA) is 72.0 Å². The number of nitrogens with one attached hydrogen (secondary N) is 2. The Morgan fingerprint density at radius 3 is 2.90 bits per heavy atom. The van der Waals surface area contributed by atoms with Crippen LogP contribution in [0.1, 0.15) is 17.8 Å². The summed E-state index contributed by atoms with van der Waals surface area (Å²) in [6.07, 6.45) is 4.66. The van der Waals surface area contributed by atoms with Gasteiger partial charge in [-0.05, 0) is 31.5 Å². The second kappa shape index (κ2) is 8.16. The molecule has 0 bridgehead atoms. The van der Waals surface area contributed by atoms with Gasteiger partial charge in [0.2, 0.25) is 5.88 Å². The van der Waals surface area contributed by atoms with Crippen LogP contribution in [-0.2, 0) is 6.54 Å². The molecule has 2 aromatic heterocycles. The number of methoxy groups -OCH3 is 1. The molecule has 0 saturated heterocycles. The van der Waals surface area contributed by atoms with Crippen molar-refractivity contribution in [3.8, 4) is 5.88 Å². The zero-order valence-corrected chi connectivity index (χ0v) is 12.5. The number of ether oxygens (including phenoxy) is 1. The first-order chi connectivity index (χ1) is 10.3. The lowest BCUT2D eigenvalue weighted by Crippen LogP contribution is -2.18. The van der Waals surface area contributed by atoms with Crippen molar-refractivity contribution < 1.29 is 4.74 Å². The predicted molar refractivity (Wildman–Crippen MR) is 82.4 cm³/mol. The summed E-state index contributed by atoms with van der Waals surface area (Å²) in [4.78, 5) is 12.6. The number of hydrogen-bond acceptors (Lipinski definition) is 6. The Morgan fingerprint density at radius 1 is 1.24 bits per heavy atom. The van der Waals surface area contributed by atoms with Crippen molar-refractivity contribution in [1.29, 1.82) is 0 Å². The number of nitrogens with zero attached hydrogens (tertiary/aromatic N) is 3. The van der Waals surface area contributed by atoms with Gasteiger partial charge in [-0.25, -0.2) is 4.98 Å². The van der Waals surface area contributed by atoms with Crippen LogP contribution in [0.15, 0.2) is 30.6 Å². The molecule has 21 heavy (non-hydrogen) atoms. The molecule has 0 aromatic carbocycles. The SMILES string of the molecule is COc1cc(NCCCNCc2cccnc2)nc(C)n1. The standard InChI is InChI=1S/C15H21N5O/c1-12-19-14(9-15(20-12)21-2)18-8-4-7-17-11-13-5-3-6-16-10-13/h3,5-6,9-10,17H,4,7-8,11H2,1-2H3,(H,18,19,20). The van der Waals surface area contributed by atoms with E-state index in [0.29, 0.717) is 11.7 Å². The van der Waals surface area contributed by atoms with E-state index in [1.807, 2.05) is 19.2 Å². The molecule has 0 fully saturated rings. The van der Waals surface area contributed by atoms with E-state index in [0.717, 1.165) is 31.9 Å².